The topological polar surface area (TPSA) is 60.9 Å². The van der Waals surface area contributed by atoms with Gasteiger partial charge in [-0.25, -0.2) is 8.42 Å². The van der Waals surface area contributed by atoms with Crippen LogP contribution in [-0.2, 0) is 9.84 Å². The van der Waals surface area contributed by atoms with Gasteiger partial charge in [-0.2, -0.15) is 8.78 Å². The first-order chi connectivity index (χ1) is 11.9. The molecule has 8 heteroatoms. The molecule has 0 aliphatic carbocycles. The predicted molar refractivity (Wildman–Crippen MR) is 92.2 cm³/mol. The van der Waals surface area contributed by atoms with Crippen LogP contribution in [0.1, 0.15) is 0 Å². The van der Waals surface area contributed by atoms with Gasteiger partial charge in [0.2, 0.25) is 9.84 Å². The van der Waals surface area contributed by atoms with Gasteiger partial charge in [0.15, 0.2) is 0 Å². The highest BCUT2D eigenvalue weighted by molar-refractivity contribution is 7.91. The van der Waals surface area contributed by atoms with E-state index < -0.39 is 15.6 Å². The third kappa shape index (κ3) is 3.39. The van der Waals surface area contributed by atoms with Crippen LogP contribution in [0.2, 0.25) is 0 Å². The summed E-state index contributed by atoms with van der Waals surface area (Å²) in [6.07, 6.45) is 0. The lowest BCUT2D eigenvalue weighted by atomic mass is 10.2. The Kier molecular flexibility index (Phi) is 4.80. The molecule has 1 saturated heterocycles. The average Bonchev–Trinajstić information content (AvgIpc) is 2.62. The summed E-state index contributed by atoms with van der Waals surface area (Å²) in [6.45, 7) is 2.01. The number of hydrogen-bond donors (Lipinski definition) is 1. The zero-order valence-corrected chi connectivity index (χ0v) is 14.2. The van der Waals surface area contributed by atoms with Gasteiger partial charge >= 0.3 is 5.76 Å². The van der Waals surface area contributed by atoms with Crippen molar-refractivity contribution >= 4 is 21.2 Å². The first-order valence-corrected chi connectivity index (χ1v) is 9.35. The summed E-state index contributed by atoms with van der Waals surface area (Å²) in [7, 11) is -4.66. The van der Waals surface area contributed by atoms with E-state index in [1.807, 2.05) is 11.0 Å². The minimum Gasteiger partial charge on any atom is -0.506 e. The van der Waals surface area contributed by atoms with Crippen LogP contribution in [0.4, 0.5) is 20.2 Å². The van der Waals surface area contributed by atoms with Crippen molar-refractivity contribution in [1.82, 2.24) is 0 Å². The van der Waals surface area contributed by atoms with Crippen LogP contribution < -0.4 is 9.80 Å². The molecule has 0 bridgehead atoms. The molecule has 1 heterocycles. The fourth-order valence-corrected chi connectivity index (χ4v) is 3.92. The van der Waals surface area contributed by atoms with E-state index in [1.54, 1.807) is 35.2 Å². The highest BCUT2D eigenvalue weighted by atomic mass is 32.2. The number of nitrogens with zero attached hydrogens (tertiary/aromatic N) is 2. The number of halogens is 2. The number of sulfone groups is 1. The van der Waals surface area contributed by atoms with Gasteiger partial charge in [-0.15, -0.1) is 0 Å². The predicted octanol–water partition coefficient (Wildman–Crippen LogP) is 2.72. The fourth-order valence-electron chi connectivity index (χ4n) is 2.97. The molecule has 134 valence electrons. The van der Waals surface area contributed by atoms with Gasteiger partial charge in [0.25, 0.3) is 0 Å². The number of phenols is 1. The number of anilines is 2. The van der Waals surface area contributed by atoms with Crippen molar-refractivity contribution in [2.75, 3.05) is 36.0 Å². The molecule has 2 aromatic rings. The van der Waals surface area contributed by atoms with Crippen molar-refractivity contribution in [3.63, 3.8) is 0 Å². The van der Waals surface area contributed by atoms with Crippen molar-refractivity contribution in [3.8, 4) is 5.75 Å². The Balaban J connectivity index is 1.82. The lowest BCUT2D eigenvalue weighted by Crippen LogP contribution is -2.47. The zero-order chi connectivity index (χ0) is 18.0. The van der Waals surface area contributed by atoms with Crippen LogP contribution in [0.15, 0.2) is 53.4 Å². The standard InChI is InChI=1S/C17H18F2N2O3S/c18-17(19)25(23,24)16-8-4-2-6-14(16)21-11-9-20(10-12-21)13-5-1-3-7-15(13)22/h1-8,17,22H,9-12H2. The lowest BCUT2D eigenvalue weighted by Gasteiger charge is -2.38. The van der Waals surface area contributed by atoms with Crippen LogP contribution in [0.25, 0.3) is 0 Å². The number of phenolic OH excluding ortho intramolecular Hbond substituents is 1. The number of para-hydroxylation sites is 3. The van der Waals surface area contributed by atoms with Gasteiger partial charge < -0.3 is 14.9 Å². The molecule has 0 spiro atoms. The number of hydrogen-bond acceptors (Lipinski definition) is 5. The van der Waals surface area contributed by atoms with E-state index in [-0.39, 0.29) is 10.6 Å². The van der Waals surface area contributed by atoms with E-state index in [1.165, 1.54) is 12.1 Å². The van der Waals surface area contributed by atoms with Crippen molar-refractivity contribution in [1.29, 1.82) is 0 Å². The molecule has 0 amide bonds. The maximum atomic E-state index is 12.9. The molecule has 1 aliphatic heterocycles. The first kappa shape index (κ1) is 17.5. The molecule has 1 N–H and O–H groups in total. The zero-order valence-electron chi connectivity index (χ0n) is 13.3. The van der Waals surface area contributed by atoms with Crippen molar-refractivity contribution in [2.24, 2.45) is 0 Å². The number of aromatic hydroxyl groups is 1. The van der Waals surface area contributed by atoms with Gasteiger partial charge in [0.05, 0.1) is 16.3 Å². The molecule has 1 aliphatic rings. The molecule has 25 heavy (non-hydrogen) atoms. The largest absolute Gasteiger partial charge is 0.506 e. The Hall–Kier alpha value is -2.35. The van der Waals surface area contributed by atoms with E-state index in [4.69, 9.17) is 0 Å². The summed E-state index contributed by atoms with van der Waals surface area (Å²) in [4.78, 5) is 3.42. The molecule has 0 saturated carbocycles. The minimum atomic E-state index is -4.66. The second-order valence-corrected chi connectivity index (χ2v) is 7.62. The number of rotatable bonds is 4. The van der Waals surface area contributed by atoms with Gasteiger partial charge in [0.1, 0.15) is 5.75 Å². The average molecular weight is 368 g/mol. The molecule has 1 fully saturated rings. The van der Waals surface area contributed by atoms with Crippen molar-refractivity contribution < 1.29 is 22.3 Å². The van der Waals surface area contributed by atoms with Crippen molar-refractivity contribution in [3.05, 3.63) is 48.5 Å². The molecule has 0 atom stereocenters. The van der Waals surface area contributed by atoms with Gasteiger partial charge in [-0.1, -0.05) is 24.3 Å². The van der Waals surface area contributed by atoms with E-state index in [0.717, 1.165) is 0 Å². The number of benzene rings is 2. The Labute approximate surface area is 145 Å². The van der Waals surface area contributed by atoms with Gasteiger partial charge in [0, 0.05) is 26.2 Å². The maximum Gasteiger partial charge on any atom is 0.341 e. The molecular formula is C17H18F2N2O3S. The van der Waals surface area contributed by atoms with Gasteiger partial charge in [-0.05, 0) is 24.3 Å². The Morgan fingerprint density at radius 2 is 1.32 bits per heavy atom. The van der Waals surface area contributed by atoms with E-state index in [2.05, 4.69) is 0 Å². The SMILES string of the molecule is O=S(=O)(c1ccccc1N1CCN(c2ccccc2O)CC1)C(F)F. The van der Waals surface area contributed by atoms with Crippen LogP contribution in [0, 0.1) is 0 Å². The minimum absolute atomic E-state index is 0.177. The monoisotopic (exact) mass is 368 g/mol. The van der Waals surface area contributed by atoms with Crippen LogP contribution in [0.5, 0.6) is 5.75 Å². The normalized spacial score (nSPS) is 15.6. The van der Waals surface area contributed by atoms with Gasteiger partial charge in [-0.3, -0.25) is 0 Å². The summed E-state index contributed by atoms with van der Waals surface area (Å²) in [5, 5.41) is 9.94. The fraction of sp³-hybridized carbons (Fsp3) is 0.294. The van der Waals surface area contributed by atoms with Crippen molar-refractivity contribution in [2.45, 2.75) is 10.7 Å². The second kappa shape index (κ2) is 6.87. The first-order valence-electron chi connectivity index (χ1n) is 7.80. The number of alkyl halides is 2. The Morgan fingerprint density at radius 3 is 1.88 bits per heavy atom. The highest BCUT2D eigenvalue weighted by Gasteiger charge is 2.31. The third-order valence-corrected chi connectivity index (χ3v) is 5.68. The Bertz CT molecular complexity index is 850. The summed E-state index contributed by atoms with van der Waals surface area (Å²) >= 11 is 0. The van der Waals surface area contributed by atoms with Crippen LogP contribution in [0.3, 0.4) is 0 Å². The van der Waals surface area contributed by atoms with Crippen LogP contribution >= 0.6 is 0 Å². The molecule has 2 aromatic carbocycles. The summed E-state index contributed by atoms with van der Waals surface area (Å²) < 4.78 is 49.7. The smallest absolute Gasteiger partial charge is 0.341 e. The molecular weight excluding hydrogens is 350 g/mol. The molecule has 0 aromatic heterocycles. The van der Waals surface area contributed by atoms with E-state index in [9.17, 15) is 22.3 Å². The molecule has 5 nitrogen and oxygen atoms in total. The summed E-state index contributed by atoms with van der Waals surface area (Å²) in [6, 6.07) is 12.8. The van der Waals surface area contributed by atoms with E-state index in [0.29, 0.717) is 37.6 Å². The quantitative estimate of drug-likeness (QED) is 0.899. The maximum absolute atomic E-state index is 12.9. The third-order valence-electron chi connectivity index (χ3n) is 4.25. The molecule has 3 rings (SSSR count). The lowest BCUT2D eigenvalue weighted by molar-refractivity contribution is 0.235. The highest BCUT2D eigenvalue weighted by Crippen LogP contribution is 2.32. The summed E-state index contributed by atoms with van der Waals surface area (Å²) in [5.74, 6) is -3.27. The van der Waals surface area contributed by atoms with E-state index >= 15 is 0 Å². The molecule has 0 radical (unpaired) electrons. The Morgan fingerprint density at radius 1 is 0.840 bits per heavy atom. The van der Waals surface area contributed by atoms with Crippen LogP contribution in [-0.4, -0.2) is 45.5 Å². The molecule has 0 unspecified atom stereocenters. The number of piperazine rings is 1. The second-order valence-electron chi connectivity index (χ2n) is 5.74. The summed E-state index contributed by atoms with van der Waals surface area (Å²) in [5.41, 5.74) is 0.996.